The minimum Gasteiger partial charge on any atom is -0.242 e. The lowest BCUT2D eigenvalue weighted by Crippen LogP contribution is -2.42. The molecule has 0 amide bonds. The molecule has 0 radical (unpaired) electrons. The van der Waals surface area contributed by atoms with Gasteiger partial charge in [0, 0.05) is 18.9 Å². The van der Waals surface area contributed by atoms with Crippen molar-refractivity contribution in [3.63, 3.8) is 0 Å². The second-order valence-corrected chi connectivity index (χ2v) is 26.4. The van der Waals surface area contributed by atoms with E-state index in [1.54, 1.807) is 0 Å². The van der Waals surface area contributed by atoms with Crippen LogP contribution in [-0.4, -0.2) is 30.6 Å². The molecule has 0 aromatic heterocycles. The topological polar surface area (TPSA) is 20.3 Å². The van der Waals surface area contributed by atoms with Gasteiger partial charge in [-0.25, -0.2) is 8.51 Å². The first-order valence-corrected chi connectivity index (χ1v) is 21.9. The number of nitrogens with zero attached hydrogens (tertiary/aromatic N) is 1. The zero-order valence-corrected chi connectivity index (χ0v) is 36.1. The van der Waals surface area contributed by atoms with E-state index in [1.807, 2.05) is 0 Å². The Kier molecular flexibility index (Phi) is 9.05. The molecule has 2 atom stereocenters. The predicted octanol–water partition coefficient (Wildman–Crippen LogP) is 12.2. The van der Waals surface area contributed by atoms with Crippen LogP contribution in [0, 0.1) is 0 Å². The van der Waals surface area contributed by atoms with Gasteiger partial charge in [0.25, 0.3) is 0 Å². The van der Waals surface area contributed by atoms with Gasteiger partial charge in [-0.15, -0.1) is 0 Å². The number of hydrogen-bond acceptors (Lipinski definition) is 1. The summed E-state index contributed by atoms with van der Waals surface area (Å²) in [6.45, 7) is 30.8. The van der Waals surface area contributed by atoms with Gasteiger partial charge in [0.15, 0.2) is 0 Å². The van der Waals surface area contributed by atoms with Gasteiger partial charge in [-0.2, -0.15) is 0 Å². The van der Waals surface area contributed by atoms with E-state index in [0.29, 0.717) is 0 Å². The van der Waals surface area contributed by atoms with E-state index in [1.165, 1.54) is 67.4 Å². The van der Waals surface area contributed by atoms with Crippen molar-refractivity contribution < 1.29 is 4.21 Å². The molecule has 0 aliphatic heterocycles. The maximum atomic E-state index is 14.7. The quantitative estimate of drug-likeness (QED) is 0.162. The fourth-order valence-corrected chi connectivity index (χ4v) is 15.7. The number of rotatable bonds is 5. The molecule has 4 aromatic rings. The number of benzene rings is 4. The molecule has 0 saturated carbocycles. The zero-order valence-electron chi connectivity index (χ0n) is 34.4. The van der Waals surface area contributed by atoms with Crippen LogP contribution >= 0.6 is 7.92 Å². The summed E-state index contributed by atoms with van der Waals surface area (Å²) in [6.07, 6.45) is 2.34. The van der Waals surface area contributed by atoms with Gasteiger partial charge >= 0.3 is 0 Å². The van der Waals surface area contributed by atoms with E-state index in [-0.39, 0.29) is 39.0 Å². The number of hydrogen-bond donors (Lipinski definition) is 0. The Morgan fingerprint density at radius 3 is 1.50 bits per heavy atom. The highest BCUT2D eigenvalue weighted by atomic mass is 32.2. The Morgan fingerprint density at radius 1 is 0.635 bits per heavy atom. The van der Waals surface area contributed by atoms with Crippen LogP contribution in [0.4, 0.5) is 0 Å². The van der Waals surface area contributed by atoms with Gasteiger partial charge in [-0.1, -0.05) is 156 Å². The van der Waals surface area contributed by atoms with Crippen LogP contribution in [0.1, 0.15) is 176 Å². The molecule has 4 heteroatoms. The van der Waals surface area contributed by atoms with Gasteiger partial charge in [0.1, 0.15) is 11.0 Å². The fourth-order valence-electron chi connectivity index (χ4n) is 10.2. The molecule has 0 saturated heterocycles. The summed E-state index contributed by atoms with van der Waals surface area (Å²) in [4.78, 5) is 0. The van der Waals surface area contributed by atoms with Crippen molar-refractivity contribution in [2.45, 2.75) is 147 Å². The molecule has 4 aliphatic rings. The minimum atomic E-state index is -1.25. The van der Waals surface area contributed by atoms with E-state index < -0.39 is 23.7 Å². The molecule has 2 bridgehead atoms. The zero-order chi connectivity index (χ0) is 37.9. The highest BCUT2D eigenvalue weighted by Gasteiger charge is 2.46. The van der Waals surface area contributed by atoms with Crippen LogP contribution in [0.15, 0.2) is 78.9 Å². The van der Waals surface area contributed by atoms with Crippen LogP contribution in [0.5, 0.6) is 0 Å². The molecule has 52 heavy (non-hydrogen) atoms. The van der Waals surface area contributed by atoms with Gasteiger partial charge in [-0.05, 0) is 116 Å². The molecule has 4 aliphatic carbocycles. The normalized spacial score (nSPS) is 21.3. The monoisotopic (exact) mass is 731 g/mol. The van der Waals surface area contributed by atoms with E-state index >= 15 is 0 Å². The molecule has 4 aromatic carbocycles. The summed E-state index contributed by atoms with van der Waals surface area (Å²) in [5.41, 5.74) is 14.3. The van der Waals surface area contributed by atoms with Crippen molar-refractivity contribution >= 4 is 24.2 Å². The Hall–Kier alpha value is -2.58. The lowest BCUT2D eigenvalue weighted by atomic mass is 9.61. The molecule has 8 rings (SSSR count). The molecule has 0 fully saturated rings. The molecular formula is C48H62NOPS. The van der Waals surface area contributed by atoms with Crippen molar-refractivity contribution in [2.75, 3.05) is 7.05 Å². The highest BCUT2D eigenvalue weighted by molar-refractivity contribution is 7.84. The number of fused-ring (bicyclic) bond motifs is 1. The van der Waals surface area contributed by atoms with Crippen LogP contribution in [0.2, 0.25) is 0 Å². The van der Waals surface area contributed by atoms with Gasteiger partial charge in [0.05, 0.1) is 10.8 Å². The Labute approximate surface area is 319 Å². The molecular weight excluding hydrogens is 670 g/mol. The van der Waals surface area contributed by atoms with Crippen molar-refractivity contribution in [1.82, 2.24) is 4.31 Å². The first-order valence-electron chi connectivity index (χ1n) is 19.5. The summed E-state index contributed by atoms with van der Waals surface area (Å²) in [5, 5.41) is 1.62. The molecule has 0 spiro atoms. The average Bonchev–Trinajstić information content (AvgIpc) is 3.05. The summed E-state index contributed by atoms with van der Waals surface area (Å²) < 4.78 is 16.5. The molecule has 0 heterocycles. The highest BCUT2D eigenvalue weighted by Crippen LogP contribution is 2.61. The summed E-state index contributed by atoms with van der Waals surface area (Å²) in [6, 6.07) is 30.6. The SMILES string of the molecule is CN([C@@H](c1ccc2c(c1)C1c3ccccc3C2c2ccccc21)c1cc2c(cc1P(C(C)(C)C)C(C)(C)C)C(C)(C)CCC2(C)C)[S@](=O)C(C)(C)C. The summed E-state index contributed by atoms with van der Waals surface area (Å²) in [7, 11) is 0.223. The van der Waals surface area contributed by atoms with Crippen LogP contribution < -0.4 is 5.30 Å². The van der Waals surface area contributed by atoms with E-state index in [2.05, 4.69) is 180 Å². The minimum absolute atomic E-state index is 0.0546. The molecule has 2 nitrogen and oxygen atoms in total. The van der Waals surface area contributed by atoms with Gasteiger partial charge < -0.3 is 0 Å². The standard InChI is InChI=1S/C48H62NOPS/c1-44(2,3)51(45(4,5)6)40-29-39-38(47(10,11)25-26-48(39,12)13)28-37(40)43(49(14)52(50)46(7,8)9)30-23-24-35-36(27-30)42-33-21-17-15-19-31(33)41(35)32-20-16-18-22-34(32)42/h15-24,27-29,41-43H,25-26H2,1-14H3/t41?,42?,43-,52+/m0/s1. The molecule has 0 unspecified atom stereocenters. The van der Waals surface area contributed by atoms with E-state index in [0.717, 1.165) is 6.42 Å². The third-order valence-corrected chi connectivity index (χ3v) is 17.6. The van der Waals surface area contributed by atoms with Crippen molar-refractivity contribution in [3.8, 4) is 0 Å². The van der Waals surface area contributed by atoms with Crippen molar-refractivity contribution in [2.24, 2.45) is 0 Å². The molecule has 276 valence electrons. The Bertz CT molecular complexity index is 2010. The summed E-state index contributed by atoms with van der Waals surface area (Å²) >= 11 is 0. The second-order valence-electron chi connectivity index (χ2n) is 20.2. The fraction of sp³-hybridized carbons (Fsp3) is 0.500. The Morgan fingerprint density at radius 2 is 1.06 bits per heavy atom. The third kappa shape index (κ3) is 6.10. The molecule has 0 N–H and O–H groups in total. The van der Waals surface area contributed by atoms with Crippen LogP contribution in [0.25, 0.3) is 0 Å². The lowest BCUT2D eigenvalue weighted by Gasteiger charge is -2.48. The average molecular weight is 732 g/mol. The van der Waals surface area contributed by atoms with Crippen LogP contribution in [-0.2, 0) is 21.8 Å². The van der Waals surface area contributed by atoms with Gasteiger partial charge in [0.2, 0.25) is 0 Å². The lowest BCUT2D eigenvalue weighted by molar-refractivity contribution is 0.331. The maximum Gasteiger partial charge on any atom is 0.100 e. The van der Waals surface area contributed by atoms with Crippen molar-refractivity contribution in [3.05, 3.63) is 134 Å². The van der Waals surface area contributed by atoms with Crippen molar-refractivity contribution in [1.29, 1.82) is 0 Å². The van der Waals surface area contributed by atoms with E-state index in [4.69, 9.17) is 0 Å². The predicted molar refractivity (Wildman–Crippen MR) is 227 cm³/mol. The largest absolute Gasteiger partial charge is 0.242 e. The van der Waals surface area contributed by atoms with Gasteiger partial charge in [-0.3, -0.25) is 0 Å². The van der Waals surface area contributed by atoms with E-state index in [9.17, 15) is 4.21 Å². The second kappa shape index (κ2) is 12.5. The maximum absolute atomic E-state index is 14.7. The third-order valence-electron chi connectivity index (χ3n) is 12.3. The Balaban J connectivity index is 1.54. The summed E-state index contributed by atoms with van der Waals surface area (Å²) in [5.74, 6) is 0.425. The first-order chi connectivity index (χ1) is 24.0. The first kappa shape index (κ1) is 37.7. The van der Waals surface area contributed by atoms with Crippen LogP contribution in [0.3, 0.4) is 0 Å². The smallest absolute Gasteiger partial charge is 0.100 e.